The van der Waals surface area contributed by atoms with Crippen LogP contribution in [-0.4, -0.2) is 10.4 Å². The van der Waals surface area contributed by atoms with Crippen molar-refractivity contribution >= 4 is 63.5 Å². The van der Waals surface area contributed by atoms with Gasteiger partial charge >= 0.3 is 0 Å². The Balaban J connectivity index is 0.00000324. The molecule has 0 bridgehead atoms. The molecule has 0 aliphatic carbocycles. The quantitative estimate of drug-likeness (QED) is 0.207. The average molecular weight is 621 g/mol. The molecule has 0 aliphatic rings. The number of carbonyl (C=O) groups excluding carboxylic acids is 1. The fourth-order valence-electron chi connectivity index (χ4n) is 3.35. The first kappa shape index (κ1) is 27.2. The van der Waals surface area contributed by atoms with Crippen LogP contribution in [0.15, 0.2) is 72.6 Å². The van der Waals surface area contributed by atoms with E-state index in [0.717, 1.165) is 16.0 Å². The van der Waals surface area contributed by atoms with E-state index in [1.165, 1.54) is 11.3 Å². The molecular formula is C24H19BrCl4N2O2S. The lowest BCUT2D eigenvalue weighted by atomic mass is 10.1. The molecule has 0 aliphatic heterocycles. The Hall–Kier alpha value is -1.38. The van der Waals surface area contributed by atoms with Gasteiger partial charge in [0.2, 0.25) is 12.1 Å². The van der Waals surface area contributed by atoms with Crippen molar-refractivity contribution in [3.63, 3.8) is 0 Å². The number of ether oxygens (including phenoxy) is 1. The van der Waals surface area contributed by atoms with Crippen LogP contribution in [0, 0.1) is 0 Å². The summed E-state index contributed by atoms with van der Waals surface area (Å²) in [5.74, 6) is 0.0682. The van der Waals surface area contributed by atoms with Gasteiger partial charge in [-0.25, -0.2) is 9.13 Å². The number of rotatable bonds is 9. The Morgan fingerprint density at radius 3 is 2.44 bits per heavy atom. The number of nitrogens with zero attached hydrogens (tertiary/aromatic N) is 2. The molecule has 178 valence electrons. The van der Waals surface area contributed by atoms with Gasteiger partial charge < -0.3 is 21.7 Å². The van der Waals surface area contributed by atoms with Crippen molar-refractivity contribution in [2.75, 3.05) is 0 Å². The predicted octanol–water partition coefficient (Wildman–Crippen LogP) is 4.30. The molecule has 1 unspecified atom stereocenters. The first-order valence-corrected chi connectivity index (χ1v) is 12.4. The molecule has 0 amide bonds. The number of imidazole rings is 1. The molecule has 0 radical (unpaired) electrons. The van der Waals surface area contributed by atoms with E-state index in [1.54, 1.807) is 24.3 Å². The zero-order valence-corrected chi connectivity index (χ0v) is 23.1. The fraction of sp³-hybridized carbons (Fsp3) is 0.167. The first-order valence-electron chi connectivity index (χ1n) is 10.0. The molecule has 2 aromatic heterocycles. The lowest BCUT2D eigenvalue weighted by molar-refractivity contribution is -0.682. The summed E-state index contributed by atoms with van der Waals surface area (Å²) in [5.41, 5.74) is 1.63. The topological polar surface area (TPSA) is 35.1 Å². The predicted molar refractivity (Wildman–Crippen MR) is 134 cm³/mol. The molecule has 4 rings (SSSR count). The molecule has 1 atom stereocenters. The molecule has 4 aromatic rings. The third-order valence-corrected chi connectivity index (χ3v) is 7.07. The summed E-state index contributed by atoms with van der Waals surface area (Å²) in [5, 5.41) is 4.06. The van der Waals surface area contributed by atoms with Gasteiger partial charge in [0.25, 0.3) is 0 Å². The number of carbonyl (C=O) groups is 1. The molecule has 4 nitrogen and oxygen atoms in total. The molecule has 0 spiro atoms. The van der Waals surface area contributed by atoms with Crippen molar-refractivity contribution in [3.05, 3.63) is 109 Å². The van der Waals surface area contributed by atoms with Gasteiger partial charge in [0.1, 0.15) is 25.0 Å². The minimum atomic E-state index is -0.379. The smallest absolute Gasteiger partial charge is 0.244 e. The van der Waals surface area contributed by atoms with E-state index in [1.807, 2.05) is 57.5 Å². The van der Waals surface area contributed by atoms with Gasteiger partial charge in [-0.15, -0.1) is 11.3 Å². The van der Waals surface area contributed by atoms with Crippen molar-refractivity contribution in [3.8, 4) is 0 Å². The second-order valence-corrected chi connectivity index (χ2v) is 10.0. The highest BCUT2D eigenvalue weighted by Gasteiger charge is 2.21. The highest BCUT2D eigenvalue weighted by Crippen LogP contribution is 2.31. The largest absolute Gasteiger partial charge is 1.00 e. The Morgan fingerprint density at radius 1 is 1.03 bits per heavy atom. The van der Waals surface area contributed by atoms with E-state index in [0.29, 0.717) is 26.6 Å². The second kappa shape index (κ2) is 12.5. The van der Waals surface area contributed by atoms with Gasteiger partial charge in [0.05, 0.1) is 11.5 Å². The lowest BCUT2D eigenvalue weighted by Crippen LogP contribution is -3.00. The fourth-order valence-corrected chi connectivity index (χ4v) is 5.00. The molecule has 0 saturated carbocycles. The van der Waals surface area contributed by atoms with Crippen LogP contribution in [0.4, 0.5) is 0 Å². The van der Waals surface area contributed by atoms with Crippen LogP contribution < -0.4 is 21.5 Å². The molecule has 2 aromatic carbocycles. The molecular weight excluding hydrogens is 602 g/mol. The Kier molecular flexibility index (Phi) is 10.0. The number of aromatic nitrogens is 2. The van der Waals surface area contributed by atoms with E-state index in [2.05, 4.69) is 0 Å². The summed E-state index contributed by atoms with van der Waals surface area (Å²) < 4.78 is 10.1. The van der Waals surface area contributed by atoms with Gasteiger partial charge in [-0.1, -0.05) is 64.6 Å². The summed E-state index contributed by atoms with van der Waals surface area (Å²) in [7, 11) is 0. The van der Waals surface area contributed by atoms with Crippen molar-refractivity contribution in [2.45, 2.75) is 25.8 Å². The molecule has 0 saturated heterocycles. The normalized spacial score (nSPS) is 11.8. The minimum absolute atomic E-state index is 0. The summed E-state index contributed by atoms with van der Waals surface area (Å²) >= 11 is 26.3. The van der Waals surface area contributed by atoms with E-state index < -0.39 is 0 Å². The van der Waals surface area contributed by atoms with E-state index in [4.69, 9.17) is 51.1 Å². The molecule has 10 heteroatoms. The van der Waals surface area contributed by atoms with Crippen LogP contribution >= 0.6 is 57.7 Å². The highest BCUT2D eigenvalue weighted by atomic mass is 79.9. The van der Waals surface area contributed by atoms with Crippen LogP contribution in [0.25, 0.3) is 0 Å². The van der Waals surface area contributed by atoms with Gasteiger partial charge in [-0.05, 0) is 41.3 Å². The number of Topliss-reactive ketones (excluding diaryl/α,β-unsaturated/α-hetero) is 1. The summed E-state index contributed by atoms with van der Waals surface area (Å²) in [6.45, 7) is 1.02. The van der Waals surface area contributed by atoms with Crippen molar-refractivity contribution < 1.29 is 31.1 Å². The van der Waals surface area contributed by atoms with Gasteiger partial charge in [0.15, 0.2) is 6.54 Å². The molecule has 2 heterocycles. The number of hydrogen-bond donors (Lipinski definition) is 0. The minimum Gasteiger partial charge on any atom is -1.00 e. The van der Waals surface area contributed by atoms with Crippen LogP contribution in [-0.2, 0) is 24.4 Å². The van der Waals surface area contributed by atoms with Gasteiger partial charge in [-0.2, -0.15) is 0 Å². The van der Waals surface area contributed by atoms with Crippen molar-refractivity contribution in [2.24, 2.45) is 0 Å². The number of benzene rings is 2. The lowest BCUT2D eigenvalue weighted by Gasteiger charge is -2.19. The maximum atomic E-state index is 12.4. The van der Waals surface area contributed by atoms with Gasteiger partial charge in [0, 0.05) is 25.7 Å². The van der Waals surface area contributed by atoms with Gasteiger partial charge in [-0.3, -0.25) is 4.79 Å². The second-order valence-electron chi connectivity index (χ2n) is 7.38. The Morgan fingerprint density at radius 2 is 1.76 bits per heavy atom. The van der Waals surface area contributed by atoms with E-state index >= 15 is 0 Å². The van der Waals surface area contributed by atoms with E-state index in [9.17, 15) is 4.79 Å². The highest BCUT2D eigenvalue weighted by molar-refractivity contribution is 7.12. The molecule has 34 heavy (non-hydrogen) atoms. The summed E-state index contributed by atoms with van der Waals surface area (Å²) in [6, 6.07) is 14.3. The zero-order chi connectivity index (χ0) is 23.4. The third kappa shape index (κ3) is 7.08. The summed E-state index contributed by atoms with van der Waals surface area (Å²) in [6.07, 6.45) is 5.26. The maximum Gasteiger partial charge on any atom is 0.244 e. The monoisotopic (exact) mass is 618 g/mol. The number of hydrogen-bond acceptors (Lipinski definition) is 3. The van der Waals surface area contributed by atoms with Crippen LogP contribution in [0.2, 0.25) is 20.1 Å². The number of halogens is 5. The van der Waals surface area contributed by atoms with Crippen LogP contribution in [0.1, 0.15) is 26.9 Å². The average Bonchev–Trinajstić information content (AvgIpc) is 3.45. The third-order valence-electron chi connectivity index (χ3n) is 5.01. The van der Waals surface area contributed by atoms with E-state index in [-0.39, 0.29) is 42.0 Å². The Bertz CT molecular complexity index is 1260. The maximum absolute atomic E-state index is 12.4. The molecule has 0 N–H and O–H groups in total. The van der Waals surface area contributed by atoms with Crippen LogP contribution in [0.3, 0.4) is 0 Å². The number of thiophene rings is 1. The zero-order valence-electron chi connectivity index (χ0n) is 17.6. The Labute approximate surface area is 232 Å². The van der Waals surface area contributed by atoms with Crippen LogP contribution in [0.5, 0.6) is 0 Å². The van der Waals surface area contributed by atoms with Crippen molar-refractivity contribution in [1.29, 1.82) is 0 Å². The standard InChI is InChI=1S/C24H19Cl4N2O2S.BrH/c25-17-4-3-16(20(27)10-17)14-32-23(19-6-5-18(26)11-21(19)28)13-30-8-7-29(15-30)12-22(31)24-2-1-9-33-24;/h1-11,15,23H,12-14H2;1H/q+1;/p-1. The van der Waals surface area contributed by atoms with Crippen molar-refractivity contribution in [1.82, 2.24) is 4.57 Å². The molecule has 0 fully saturated rings. The number of ketones is 1. The summed E-state index contributed by atoms with van der Waals surface area (Å²) in [4.78, 5) is 13.2. The SMILES string of the molecule is O=C(C[n+]1ccn(CC(OCc2ccc(Cl)cc2Cl)c2ccc(Cl)cc2Cl)c1)c1cccs1.[Br-]. The first-order chi connectivity index (χ1) is 15.9.